The number of carbonyl (C=O) groups excluding carboxylic acids is 1. The zero-order valence-corrected chi connectivity index (χ0v) is 14.5. The maximum atomic E-state index is 13.7. The van der Waals surface area contributed by atoms with Crippen molar-refractivity contribution in [3.8, 4) is 0 Å². The molecule has 0 radical (unpaired) electrons. The number of hydrogen-bond acceptors (Lipinski definition) is 3. The second-order valence-electron chi connectivity index (χ2n) is 5.96. The van der Waals surface area contributed by atoms with Crippen molar-refractivity contribution in [1.82, 2.24) is 0 Å². The van der Waals surface area contributed by atoms with Crippen molar-refractivity contribution in [2.24, 2.45) is 0 Å². The summed E-state index contributed by atoms with van der Waals surface area (Å²) in [4.78, 5) is 12.2. The Morgan fingerprint density at radius 3 is 2.54 bits per heavy atom. The van der Waals surface area contributed by atoms with Crippen molar-refractivity contribution in [2.45, 2.75) is 12.8 Å². The molecule has 0 unspecified atom stereocenters. The van der Waals surface area contributed by atoms with Crippen molar-refractivity contribution < 1.29 is 26.4 Å². The molecule has 0 atom stereocenters. The summed E-state index contributed by atoms with van der Waals surface area (Å²) in [5.74, 6) is -5.68. The average Bonchev–Trinajstić information content (AvgIpc) is 2.58. The van der Waals surface area contributed by atoms with Gasteiger partial charge in [0.05, 0.1) is 17.5 Å². The van der Waals surface area contributed by atoms with Gasteiger partial charge in [0, 0.05) is 12.2 Å². The number of anilines is 2. The van der Waals surface area contributed by atoms with Gasteiger partial charge < -0.3 is 5.32 Å². The van der Waals surface area contributed by atoms with Crippen LogP contribution in [0.1, 0.15) is 22.3 Å². The lowest BCUT2D eigenvalue weighted by atomic mass is 10.0. The average molecular weight is 384 g/mol. The van der Waals surface area contributed by atoms with E-state index in [9.17, 15) is 26.4 Å². The second kappa shape index (κ2) is 6.64. The van der Waals surface area contributed by atoms with Crippen LogP contribution in [0, 0.1) is 17.5 Å². The molecule has 0 spiro atoms. The summed E-state index contributed by atoms with van der Waals surface area (Å²) < 4.78 is 65.1. The first kappa shape index (κ1) is 18.2. The van der Waals surface area contributed by atoms with Crippen LogP contribution in [0.15, 0.2) is 30.3 Å². The van der Waals surface area contributed by atoms with Crippen molar-refractivity contribution in [1.29, 1.82) is 0 Å². The van der Waals surface area contributed by atoms with Crippen LogP contribution in [0.4, 0.5) is 24.5 Å². The number of nitrogens with zero attached hydrogens (tertiary/aromatic N) is 1. The highest BCUT2D eigenvalue weighted by molar-refractivity contribution is 7.92. The van der Waals surface area contributed by atoms with E-state index < -0.39 is 38.9 Å². The Bertz CT molecular complexity index is 993. The summed E-state index contributed by atoms with van der Waals surface area (Å²) in [7, 11) is -3.48. The molecule has 0 bridgehead atoms. The standard InChI is InChI=1S/C17H15F3N2O3S/c1-26(24,25)22-8-2-3-10-4-5-11(9-14(10)22)21-17(23)12-6-7-13(18)16(20)15(12)19/h4-7,9H,2-3,8H2,1H3,(H,21,23). The molecule has 0 fully saturated rings. The molecule has 1 heterocycles. The summed E-state index contributed by atoms with van der Waals surface area (Å²) in [5.41, 5.74) is 0.802. The predicted octanol–water partition coefficient (Wildman–Crippen LogP) is 3.07. The van der Waals surface area contributed by atoms with Crippen molar-refractivity contribution >= 4 is 27.3 Å². The SMILES string of the molecule is CS(=O)(=O)N1CCCc2ccc(NC(=O)c3ccc(F)c(F)c3F)cc21. The van der Waals surface area contributed by atoms with Crippen molar-refractivity contribution in [2.75, 3.05) is 22.4 Å². The van der Waals surface area contributed by atoms with E-state index in [1.165, 1.54) is 10.4 Å². The molecule has 2 aromatic rings. The minimum atomic E-state index is -3.48. The van der Waals surface area contributed by atoms with Gasteiger partial charge in [-0.1, -0.05) is 6.07 Å². The van der Waals surface area contributed by atoms with Crippen LogP contribution in [0.5, 0.6) is 0 Å². The zero-order chi connectivity index (χ0) is 19.1. The maximum absolute atomic E-state index is 13.7. The number of nitrogens with one attached hydrogen (secondary N) is 1. The topological polar surface area (TPSA) is 66.5 Å². The molecule has 0 aliphatic carbocycles. The first-order chi connectivity index (χ1) is 12.2. The summed E-state index contributed by atoms with van der Waals surface area (Å²) in [6.45, 7) is 0.320. The molecule has 0 aromatic heterocycles. The first-order valence-electron chi connectivity index (χ1n) is 7.74. The maximum Gasteiger partial charge on any atom is 0.258 e. The predicted molar refractivity (Wildman–Crippen MR) is 91.2 cm³/mol. The number of halogens is 3. The van der Waals surface area contributed by atoms with Crippen LogP contribution < -0.4 is 9.62 Å². The van der Waals surface area contributed by atoms with E-state index in [1.54, 1.807) is 12.1 Å². The van der Waals surface area contributed by atoms with Crippen LogP contribution in [0.3, 0.4) is 0 Å². The summed E-state index contributed by atoms with van der Waals surface area (Å²) >= 11 is 0. The monoisotopic (exact) mass is 384 g/mol. The molecule has 1 aliphatic heterocycles. The van der Waals surface area contributed by atoms with Gasteiger partial charge in [-0.15, -0.1) is 0 Å². The summed E-state index contributed by atoms with van der Waals surface area (Å²) in [6.07, 6.45) is 2.45. The third-order valence-electron chi connectivity index (χ3n) is 4.10. The zero-order valence-electron chi connectivity index (χ0n) is 13.7. The van der Waals surface area contributed by atoms with E-state index in [0.29, 0.717) is 31.1 Å². The number of benzene rings is 2. The van der Waals surface area contributed by atoms with Gasteiger partial charge in [-0.3, -0.25) is 9.10 Å². The molecule has 5 nitrogen and oxygen atoms in total. The van der Waals surface area contributed by atoms with Gasteiger partial charge in [0.2, 0.25) is 10.0 Å². The largest absolute Gasteiger partial charge is 0.322 e. The van der Waals surface area contributed by atoms with Crippen molar-refractivity contribution in [3.63, 3.8) is 0 Å². The lowest BCUT2D eigenvalue weighted by Gasteiger charge is -2.29. The molecule has 2 aromatic carbocycles. The molecule has 26 heavy (non-hydrogen) atoms. The lowest BCUT2D eigenvalue weighted by molar-refractivity contribution is 0.102. The first-order valence-corrected chi connectivity index (χ1v) is 9.59. The fourth-order valence-corrected chi connectivity index (χ4v) is 3.85. The van der Waals surface area contributed by atoms with Gasteiger partial charge in [-0.2, -0.15) is 0 Å². The normalized spacial score (nSPS) is 14.1. The summed E-state index contributed by atoms with van der Waals surface area (Å²) in [5, 5.41) is 2.38. The quantitative estimate of drug-likeness (QED) is 0.827. The van der Waals surface area contributed by atoms with Gasteiger partial charge in [0.15, 0.2) is 17.5 Å². The van der Waals surface area contributed by atoms with E-state index in [4.69, 9.17) is 0 Å². The highest BCUT2D eigenvalue weighted by Gasteiger charge is 2.25. The number of carbonyl (C=O) groups is 1. The number of rotatable bonds is 3. The molecule has 3 rings (SSSR count). The highest BCUT2D eigenvalue weighted by atomic mass is 32.2. The fourth-order valence-electron chi connectivity index (χ4n) is 2.86. The molecule has 0 saturated carbocycles. The van der Waals surface area contributed by atoms with Crippen molar-refractivity contribution in [3.05, 3.63) is 58.9 Å². The Morgan fingerprint density at radius 1 is 1.12 bits per heavy atom. The number of fused-ring (bicyclic) bond motifs is 1. The Balaban J connectivity index is 1.92. The molecule has 9 heteroatoms. The third kappa shape index (κ3) is 3.39. The molecule has 0 saturated heterocycles. The van der Waals surface area contributed by atoms with Crippen LogP contribution in [0.2, 0.25) is 0 Å². The van der Waals surface area contributed by atoms with Gasteiger partial charge in [-0.05, 0) is 42.7 Å². The van der Waals surface area contributed by atoms with E-state index in [0.717, 1.165) is 17.9 Å². The minimum absolute atomic E-state index is 0.216. The number of amides is 1. The molecular formula is C17H15F3N2O3S. The minimum Gasteiger partial charge on any atom is -0.322 e. The Kier molecular flexibility index (Phi) is 4.66. The van der Waals surface area contributed by atoms with Crippen LogP contribution in [-0.2, 0) is 16.4 Å². The number of aryl methyl sites for hydroxylation is 1. The molecular weight excluding hydrogens is 369 g/mol. The Morgan fingerprint density at radius 2 is 1.85 bits per heavy atom. The van der Waals surface area contributed by atoms with Crippen LogP contribution in [-0.4, -0.2) is 27.1 Å². The van der Waals surface area contributed by atoms with Gasteiger partial charge in [0.25, 0.3) is 5.91 Å². The van der Waals surface area contributed by atoms with Gasteiger partial charge in [0.1, 0.15) is 0 Å². The van der Waals surface area contributed by atoms with E-state index in [1.807, 2.05) is 0 Å². The van der Waals surface area contributed by atoms with E-state index in [-0.39, 0.29) is 5.69 Å². The Labute approximate surface area is 148 Å². The molecule has 1 aliphatic rings. The highest BCUT2D eigenvalue weighted by Crippen LogP contribution is 2.32. The Hall–Kier alpha value is -2.55. The van der Waals surface area contributed by atoms with Gasteiger partial charge >= 0.3 is 0 Å². The van der Waals surface area contributed by atoms with E-state index in [2.05, 4.69) is 5.32 Å². The smallest absolute Gasteiger partial charge is 0.258 e. The van der Waals surface area contributed by atoms with E-state index >= 15 is 0 Å². The lowest BCUT2D eigenvalue weighted by Crippen LogP contribution is -2.34. The molecule has 1 N–H and O–H groups in total. The molecule has 138 valence electrons. The fraction of sp³-hybridized carbons (Fsp3) is 0.235. The van der Waals surface area contributed by atoms with Gasteiger partial charge in [-0.25, -0.2) is 21.6 Å². The second-order valence-corrected chi connectivity index (χ2v) is 7.87. The number of hydrogen-bond donors (Lipinski definition) is 1. The molecule has 1 amide bonds. The summed E-state index contributed by atoms with van der Waals surface area (Å²) in [6, 6.07) is 6.17. The van der Waals surface area contributed by atoms with Crippen LogP contribution in [0.25, 0.3) is 0 Å². The third-order valence-corrected chi connectivity index (χ3v) is 5.28. The number of sulfonamides is 1. The van der Waals surface area contributed by atoms with Crippen LogP contribution >= 0.6 is 0 Å².